The summed E-state index contributed by atoms with van der Waals surface area (Å²) in [6.45, 7) is 4.39. The van der Waals surface area contributed by atoms with Crippen LogP contribution in [0.25, 0.3) is 0 Å². The molecule has 18 heavy (non-hydrogen) atoms. The van der Waals surface area contributed by atoms with Gasteiger partial charge in [0.1, 0.15) is 16.3 Å². The second-order valence-corrected chi connectivity index (χ2v) is 6.08. The maximum absolute atomic E-state index is 5.24. The van der Waals surface area contributed by atoms with E-state index in [1.807, 2.05) is 6.07 Å². The Morgan fingerprint density at radius 3 is 2.78 bits per heavy atom. The Bertz CT molecular complexity index is 433. The Balaban J connectivity index is 2.07. The Hall–Kier alpha value is -0.900. The molecule has 0 bridgehead atoms. The van der Waals surface area contributed by atoms with E-state index in [-0.39, 0.29) is 0 Å². The lowest BCUT2D eigenvalue weighted by molar-refractivity contribution is 0.461. The number of hydrogen-bond donors (Lipinski definition) is 2. The normalized spacial score (nSPS) is 17.1. The minimum Gasteiger partial charge on any atom is -0.369 e. The molecule has 0 radical (unpaired) electrons. The minimum atomic E-state index is 0.591. The van der Waals surface area contributed by atoms with Gasteiger partial charge in [0.2, 0.25) is 0 Å². The number of aromatic nitrogens is 2. The van der Waals surface area contributed by atoms with Gasteiger partial charge in [-0.1, -0.05) is 45.3 Å². The minimum absolute atomic E-state index is 0.591. The molecule has 2 rings (SSSR count). The average molecular weight is 265 g/mol. The molecule has 0 aromatic carbocycles. The summed E-state index contributed by atoms with van der Waals surface area (Å²) in [6, 6.07) is 2.53. The van der Waals surface area contributed by atoms with Gasteiger partial charge in [0, 0.05) is 18.5 Å². The molecule has 2 N–H and O–H groups in total. The summed E-state index contributed by atoms with van der Waals surface area (Å²) in [5.74, 6) is 2.63. The number of H-pyrrole nitrogens is 1. The summed E-state index contributed by atoms with van der Waals surface area (Å²) < 4.78 is 0.683. The van der Waals surface area contributed by atoms with Gasteiger partial charge in [0.25, 0.3) is 0 Å². The third kappa shape index (κ3) is 4.09. The first-order valence-corrected chi connectivity index (χ1v) is 7.41. The van der Waals surface area contributed by atoms with Crippen LogP contribution in [0.15, 0.2) is 6.07 Å². The van der Waals surface area contributed by atoms with Crippen LogP contribution in [0.4, 0.5) is 5.82 Å². The van der Waals surface area contributed by atoms with E-state index in [1.54, 1.807) is 0 Å². The first-order chi connectivity index (χ1) is 8.63. The van der Waals surface area contributed by atoms with Crippen LogP contribution in [0, 0.1) is 10.6 Å². The van der Waals surface area contributed by atoms with E-state index in [0.717, 1.165) is 18.1 Å². The number of anilines is 1. The van der Waals surface area contributed by atoms with Crippen molar-refractivity contribution in [3.05, 3.63) is 16.5 Å². The fourth-order valence-electron chi connectivity index (χ4n) is 2.54. The molecule has 0 atom stereocenters. The van der Waals surface area contributed by atoms with Gasteiger partial charge in [-0.05, 0) is 18.8 Å². The molecular formula is C14H23N3S. The molecular weight excluding hydrogens is 242 g/mol. The molecule has 4 heteroatoms. The maximum atomic E-state index is 5.24. The third-order valence-electron chi connectivity index (χ3n) is 3.36. The fraction of sp³-hybridized carbons (Fsp3) is 0.714. The van der Waals surface area contributed by atoms with Gasteiger partial charge in [0.05, 0.1) is 0 Å². The van der Waals surface area contributed by atoms with Gasteiger partial charge >= 0.3 is 0 Å². The topological polar surface area (TPSA) is 40.7 Å². The van der Waals surface area contributed by atoms with Gasteiger partial charge in [-0.3, -0.25) is 0 Å². The smallest absolute Gasteiger partial charge is 0.131 e. The molecule has 100 valence electrons. The zero-order chi connectivity index (χ0) is 13.0. The van der Waals surface area contributed by atoms with Crippen LogP contribution in [-0.2, 0) is 6.42 Å². The van der Waals surface area contributed by atoms with Crippen LogP contribution in [0.5, 0.6) is 0 Å². The lowest BCUT2D eigenvalue weighted by Gasteiger charge is -2.23. The van der Waals surface area contributed by atoms with Gasteiger partial charge < -0.3 is 10.3 Å². The van der Waals surface area contributed by atoms with Crippen molar-refractivity contribution in [2.24, 2.45) is 5.92 Å². The second kappa shape index (κ2) is 6.32. The molecule has 0 aliphatic heterocycles. The molecule has 1 heterocycles. The van der Waals surface area contributed by atoms with Crippen molar-refractivity contribution in [1.29, 1.82) is 0 Å². The van der Waals surface area contributed by atoms with E-state index in [2.05, 4.69) is 29.1 Å². The molecule has 1 aliphatic rings. The Morgan fingerprint density at radius 2 is 2.11 bits per heavy atom. The van der Waals surface area contributed by atoms with Crippen LogP contribution in [0.1, 0.15) is 51.8 Å². The molecule has 1 aromatic heterocycles. The summed E-state index contributed by atoms with van der Waals surface area (Å²) in [5, 5.41) is 3.57. The van der Waals surface area contributed by atoms with Crippen molar-refractivity contribution in [2.45, 2.75) is 58.4 Å². The second-order valence-electron chi connectivity index (χ2n) is 5.66. The highest BCUT2D eigenvalue weighted by molar-refractivity contribution is 7.71. The highest BCUT2D eigenvalue weighted by atomic mass is 32.1. The van der Waals surface area contributed by atoms with Crippen LogP contribution in [-0.4, -0.2) is 16.0 Å². The van der Waals surface area contributed by atoms with Crippen molar-refractivity contribution in [3.63, 3.8) is 0 Å². The largest absolute Gasteiger partial charge is 0.369 e. The van der Waals surface area contributed by atoms with Gasteiger partial charge in [-0.2, -0.15) is 0 Å². The maximum Gasteiger partial charge on any atom is 0.131 e. The summed E-state index contributed by atoms with van der Waals surface area (Å²) >= 11 is 5.24. The molecule has 1 fully saturated rings. The summed E-state index contributed by atoms with van der Waals surface area (Å²) in [7, 11) is 0. The van der Waals surface area contributed by atoms with Crippen LogP contribution in [0.3, 0.4) is 0 Å². The lowest BCUT2D eigenvalue weighted by atomic mass is 9.95. The molecule has 0 amide bonds. The van der Waals surface area contributed by atoms with Crippen LogP contribution >= 0.6 is 12.2 Å². The zero-order valence-electron chi connectivity index (χ0n) is 11.3. The molecule has 3 nitrogen and oxygen atoms in total. The van der Waals surface area contributed by atoms with Gasteiger partial charge in [-0.15, -0.1) is 0 Å². The molecule has 1 aliphatic carbocycles. The summed E-state index contributed by atoms with van der Waals surface area (Å²) in [6.07, 6.45) is 7.53. The Kier molecular flexibility index (Phi) is 4.75. The van der Waals surface area contributed by atoms with E-state index in [0.29, 0.717) is 16.6 Å². The molecule has 1 saturated carbocycles. The number of rotatable bonds is 4. The summed E-state index contributed by atoms with van der Waals surface area (Å²) in [4.78, 5) is 7.76. The van der Waals surface area contributed by atoms with Crippen molar-refractivity contribution in [1.82, 2.24) is 9.97 Å². The van der Waals surface area contributed by atoms with Gasteiger partial charge in [-0.25, -0.2) is 4.98 Å². The van der Waals surface area contributed by atoms with Crippen molar-refractivity contribution in [2.75, 3.05) is 5.32 Å². The molecule has 0 saturated heterocycles. The lowest BCUT2D eigenvalue weighted by Crippen LogP contribution is -2.23. The first kappa shape index (κ1) is 13.5. The summed E-state index contributed by atoms with van der Waals surface area (Å²) in [5.41, 5.74) is 0. The zero-order valence-corrected chi connectivity index (χ0v) is 12.1. The van der Waals surface area contributed by atoms with Crippen molar-refractivity contribution >= 4 is 18.0 Å². The van der Waals surface area contributed by atoms with E-state index in [1.165, 1.54) is 32.1 Å². The van der Waals surface area contributed by atoms with Gasteiger partial charge in [0.15, 0.2) is 0 Å². The van der Waals surface area contributed by atoms with E-state index in [9.17, 15) is 0 Å². The fourth-order valence-corrected chi connectivity index (χ4v) is 2.76. The predicted molar refractivity (Wildman–Crippen MR) is 78.5 cm³/mol. The Morgan fingerprint density at radius 1 is 1.39 bits per heavy atom. The highest BCUT2D eigenvalue weighted by Crippen LogP contribution is 2.21. The number of nitrogens with zero attached hydrogens (tertiary/aromatic N) is 1. The molecule has 0 spiro atoms. The van der Waals surface area contributed by atoms with E-state index >= 15 is 0 Å². The first-order valence-electron chi connectivity index (χ1n) is 7.00. The monoisotopic (exact) mass is 265 g/mol. The number of aromatic amines is 1. The van der Waals surface area contributed by atoms with Crippen molar-refractivity contribution < 1.29 is 0 Å². The standard InChI is InChI=1S/C14H23N3S/c1-10(2)8-12-16-13(9-14(18)17-12)15-11-6-4-3-5-7-11/h9-11H,3-8H2,1-2H3,(H2,15,16,17,18). The number of nitrogens with one attached hydrogen (secondary N) is 2. The average Bonchev–Trinajstić information content (AvgIpc) is 2.28. The van der Waals surface area contributed by atoms with Crippen LogP contribution in [0.2, 0.25) is 0 Å². The van der Waals surface area contributed by atoms with E-state index in [4.69, 9.17) is 12.2 Å². The predicted octanol–water partition coefficient (Wildman–Crippen LogP) is 4.08. The molecule has 1 aromatic rings. The quantitative estimate of drug-likeness (QED) is 0.806. The number of hydrogen-bond acceptors (Lipinski definition) is 3. The molecule has 0 unspecified atom stereocenters. The van der Waals surface area contributed by atoms with Crippen LogP contribution < -0.4 is 5.32 Å². The SMILES string of the molecule is CC(C)Cc1nc(=S)cc(NC2CCCCC2)[nH]1. The van der Waals surface area contributed by atoms with Crippen molar-refractivity contribution in [3.8, 4) is 0 Å². The van der Waals surface area contributed by atoms with E-state index < -0.39 is 0 Å². The Labute approximate surface area is 114 Å². The highest BCUT2D eigenvalue weighted by Gasteiger charge is 2.13. The third-order valence-corrected chi connectivity index (χ3v) is 3.57.